The summed E-state index contributed by atoms with van der Waals surface area (Å²) in [6.07, 6.45) is -4.67. The zero-order valence-corrected chi connectivity index (χ0v) is 10.0. The maximum atomic E-state index is 13.1. The molecule has 17 heavy (non-hydrogen) atoms. The molecular formula is C11H12F3NOS. The van der Waals surface area contributed by atoms with E-state index in [2.05, 4.69) is 5.32 Å². The molecule has 1 unspecified atom stereocenters. The summed E-state index contributed by atoms with van der Waals surface area (Å²) in [6, 6.07) is 3.15. The molecule has 1 atom stereocenters. The number of hydrogen-bond donors (Lipinski definition) is 1. The summed E-state index contributed by atoms with van der Waals surface area (Å²) >= 11 is 1.12. The minimum absolute atomic E-state index is 0.174. The van der Waals surface area contributed by atoms with Gasteiger partial charge in [0.25, 0.3) is 0 Å². The van der Waals surface area contributed by atoms with Crippen molar-refractivity contribution in [2.45, 2.75) is 19.5 Å². The topological polar surface area (TPSA) is 29.1 Å². The molecule has 6 heteroatoms. The second-order valence-electron chi connectivity index (χ2n) is 4.25. The first-order valence-corrected chi connectivity index (χ1v) is 6.07. The van der Waals surface area contributed by atoms with Crippen LogP contribution in [0, 0.1) is 12.3 Å². The summed E-state index contributed by atoms with van der Waals surface area (Å²) in [6.45, 7) is 1.69. The van der Waals surface area contributed by atoms with Gasteiger partial charge in [-0.3, -0.25) is 4.79 Å². The Bertz CT molecular complexity index is 432. The minimum Gasteiger partial charge on any atom is -0.315 e. The predicted molar refractivity (Wildman–Crippen MR) is 59.4 cm³/mol. The molecule has 1 saturated heterocycles. The van der Waals surface area contributed by atoms with Gasteiger partial charge in [0.05, 0.1) is 4.88 Å². The van der Waals surface area contributed by atoms with Crippen LogP contribution in [-0.2, 0) is 0 Å². The largest absolute Gasteiger partial charge is 0.402 e. The maximum absolute atomic E-state index is 13.1. The summed E-state index contributed by atoms with van der Waals surface area (Å²) in [7, 11) is 0. The van der Waals surface area contributed by atoms with Gasteiger partial charge in [-0.25, -0.2) is 0 Å². The summed E-state index contributed by atoms with van der Waals surface area (Å²) in [5, 5.41) is 2.64. The van der Waals surface area contributed by atoms with Crippen LogP contribution in [0.25, 0.3) is 0 Å². The fourth-order valence-electron chi connectivity index (χ4n) is 2.05. The molecule has 0 spiro atoms. The summed E-state index contributed by atoms with van der Waals surface area (Å²) in [5.41, 5.74) is -2.23. The number of carbonyl (C=O) groups excluding carboxylic acids is 1. The van der Waals surface area contributed by atoms with E-state index in [4.69, 9.17) is 0 Å². The van der Waals surface area contributed by atoms with Crippen molar-refractivity contribution in [3.63, 3.8) is 0 Å². The second kappa shape index (κ2) is 4.10. The molecule has 94 valence electrons. The standard InChI is InChI=1S/C11H12F3NOS/c1-7-2-3-8(17-7)9(16)10(11(12,13)14)4-5-15-6-10/h2-3,15H,4-6H2,1H3. The van der Waals surface area contributed by atoms with E-state index >= 15 is 0 Å². The first-order chi connectivity index (χ1) is 7.87. The van der Waals surface area contributed by atoms with Gasteiger partial charge in [-0.1, -0.05) is 0 Å². The first-order valence-electron chi connectivity index (χ1n) is 5.25. The van der Waals surface area contributed by atoms with Crippen molar-refractivity contribution in [2.24, 2.45) is 5.41 Å². The number of alkyl halides is 3. The fraction of sp³-hybridized carbons (Fsp3) is 0.545. The predicted octanol–water partition coefficient (Wildman–Crippen LogP) is 2.78. The molecule has 1 aliphatic rings. The fourth-order valence-corrected chi connectivity index (χ4v) is 2.96. The molecule has 1 fully saturated rings. The molecule has 1 aromatic rings. The molecule has 0 radical (unpaired) electrons. The normalized spacial score (nSPS) is 25.2. The van der Waals surface area contributed by atoms with Crippen molar-refractivity contribution in [2.75, 3.05) is 13.1 Å². The molecule has 2 nitrogen and oxygen atoms in total. The minimum atomic E-state index is -4.49. The van der Waals surface area contributed by atoms with Crippen LogP contribution in [0.15, 0.2) is 12.1 Å². The number of carbonyl (C=O) groups is 1. The highest BCUT2D eigenvalue weighted by atomic mass is 32.1. The van der Waals surface area contributed by atoms with E-state index in [9.17, 15) is 18.0 Å². The van der Waals surface area contributed by atoms with Crippen LogP contribution in [-0.4, -0.2) is 25.0 Å². The number of thiophene rings is 1. The Kier molecular flexibility index (Phi) is 3.03. The van der Waals surface area contributed by atoms with Crippen molar-refractivity contribution < 1.29 is 18.0 Å². The van der Waals surface area contributed by atoms with Crippen LogP contribution < -0.4 is 5.32 Å². The highest BCUT2D eigenvalue weighted by Crippen LogP contribution is 2.46. The third-order valence-electron chi connectivity index (χ3n) is 3.10. The number of nitrogens with one attached hydrogen (secondary N) is 1. The average Bonchev–Trinajstić information content (AvgIpc) is 2.83. The Hall–Kier alpha value is -0.880. The van der Waals surface area contributed by atoms with Gasteiger partial charge in [0.2, 0.25) is 0 Å². The summed E-state index contributed by atoms with van der Waals surface area (Å²) in [5.74, 6) is -0.798. The maximum Gasteiger partial charge on any atom is 0.402 e. The smallest absolute Gasteiger partial charge is 0.315 e. The molecule has 1 N–H and O–H groups in total. The van der Waals surface area contributed by atoms with Gasteiger partial charge in [0.15, 0.2) is 5.78 Å². The van der Waals surface area contributed by atoms with Crippen LogP contribution in [0.3, 0.4) is 0 Å². The molecular weight excluding hydrogens is 251 g/mol. The monoisotopic (exact) mass is 263 g/mol. The Morgan fingerprint density at radius 1 is 1.47 bits per heavy atom. The van der Waals surface area contributed by atoms with Crippen LogP contribution in [0.5, 0.6) is 0 Å². The van der Waals surface area contributed by atoms with Crippen molar-refractivity contribution in [3.8, 4) is 0 Å². The lowest BCUT2D eigenvalue weighted by Crippen LogP contribution is -2.46. The van der Waals surface area contributed by atoms with Gasteiger partial charge in [-0.15, -0.1) is 11.3 Å². The van der Waals surface area contributed by atoms with E-state index in [0.29, 0.717) is 0 Å². The SMILES string of the molecule is Cc1ccc(C(=O)C2(C(F)(F)F)CCNC2)s1. The van der Waals surface area contributed by atoms with Gasteiger partial charge in [0, 0.05) is 11.4 Å². The highest BCUT2D eigenvalue weighted by Gasteiger charge is 2.61. The molecule has 2 heterocycles. The second-order valence-corrected chi connectivity index (χ2v) is 5.53. The highest BCUT2D eigenvalue weighted by molar-refractivity contribution is 7.14. The quantitative estimate of drug-likeness (QED) is 0.831. The van der Waals surface area contributed by atoms with E-state index in [1.165, 1.54) is 6.07 Å². The number of halogens is 3. The molecule has 0 bridgehead atoms. The number of aryl methyl sites for hydroxylation is 1. The van der Waals surface area contributed by atoms with Crippen molar-refractivity contribution in [1.29, 1.82) is 0 Å². The van der Waals surface area contributed by atoms with Gasteiger partial charge in [-0.2, -0.15) is 13.2 Å². The third kappa shape index (κ3) is 1.99. The Labute approximate surface area is 101 Å². The van der Waals surface area contributed by atoms with Crippen LogP contribution in [0.2, 0.25) is 0 Å². The van der Waals surface area contributed by atoms with E-state index in [-0.39, 0.29) is 24.4 Å². The van der Waals surface area contributed by atoms with E-state index < -0.39 is 17.4 Å². The molecule has 0 amide bonds. The van der Waals surface area contributed by atoms with Gasteiger partial charge >= 0.3 is 6.18 Å². The lowest BCUT2D eigenvalue weighted by atomic mass is 9.81. The van der Waals surface area contributed by atoms with Crippen molar-refractivity contribution in [1.82, 2.24) is 5.32 Å². The Balaban J connectivity index is 2.38. The molecule has 0 aromatic carbocycles. The number of ketones is 1. The first kappa shape index (κ1) is 12.6. The lowest BCUT2D eigenvalue weighted by Gasteiger charge is -2.28. The molecule has 0 saturated carbocycles. The number of rotatable bonds is 2. The third-order valence-corrected chi connectivity index (χ3v) is 4.10. The molecule has 1 aliphatic heterocycles. The van der Waals surface area contributed by atoms with Gasteiger partial charge in [0.1, 0.15) is 5.41 Å². The molecule has 1 aromatic heterocycles. The van der Waals surface area contributed by atoms with Gasteiger partial charge < -0.3 is 5.32 Å². The van der Waals surface area contributed by atoms with E-state index in [0.717, 1.165) is 16.2 Å². The zero-order valence-electron chi connectivity index (χ0n) is 9.23. The number of hydrogen-bond acceptors (Lipinski definition) is 3. The zero-order chi connectivity index (χ0) is 12.7. The number of Topliss-reactive ketones (excluding diaryl/α,β-unsaturated/α-hetero) is 1. The van der Waals surface area contributed by atoms with Crippen LogP contribution >= 0.6 is 11.3 Å². The average molecular weight is 263 g/mol. The van der Waals surface area contributed by atoms with Crippen molar-refractivity contribution in [3.05, 3.63) is 21.9 Å². The Morgan fingerprint density at radius 3 is 2.59 bits per heavy atom. The summed E-state index contributed by atoms with van der Waals surface area (Å²) in [4.78, 5) is 13.1. The Morgan fingerprint density at radius 2 is 2.18 bits per heavy atom. The lowest BCUT2D eigenvalue weighted by molar-refractivity contribution is -0.197. The van der Waals surface area contributed by atoms with Crippen molar-refractivity contribution >= 4 is 17.1 Å². The summed E-state index contributed by atoms with van der Waals surface area (Å²) < 4.78 is 39.3. The van der Waals surface area contributed by atoms with Crippen LogP contribution in [0.1, 0.15) is 21.0 Å². The molecule has 2 rings (SSSR count). The van der Waals surface area contributed by atoms with E-state index in [1.54, 1.807) is 13.0 Å². The van der Waals surface area contributed by atoms with E-state index in [1.807, 2.05) is 0 Å². The van der Waals surface area contributed by atoms with Crippen LogP contribution in [0.4, 0.5) is 13.2 Å². The molecule has 0 aliphatic carbocycles. The van der Waals surface area contributed by atoms with Gasteiger partial charge in [-0.05, 0) is 32.0 Å².